The van der Waals surface area contributed by atoms with Gasteiger partial charge >= 0.3 is 0 Å². The van der Waals surface area contributed by atoms with Gasteiger partial charge < -0.3 is 10.1 Å². The van der Waals surface area contributed by atoms with Crippen molar-refractivity contribution < 1.29 is 19.1 Å². The summed E-state index contributed by atoms with van der Waals surface area (Å²) in [5.41, 5.74) is 2.13. The molecule has 2 heterocycles. The molecule has 1 aromatic heterocycles. The van der Waals surface area contributed by atoms with Crippen LogP contribution in [0, 0.1) is 5.92 Å². The Kier molecular flexibility index (Phi) is 6.05. The van der Waals surface area contributed by atoms with E-state index in [1.165, 1.54) is 11.3 Å². The number of nitrogens with one attached hydrogen (secondary N) is 1. The fraction of sp³-hybridized carbons (Fsp3) is 0.250. The van der Waals surface area contributed by atoms with Crippen LogP contribution in [0.2, 0.25) is 0 Å². The Labute approximate surface area is 190 Å². The lowest BCUT2D eigenvalue weighted by Crippen LogP contribution is -2.50. The number of nitrogens with zero attached hydrogens (tertiary/aromatic N) is 2. The van der Waals surface area contributed by atoms with Crippen LogP contribution < -0.4 is 10.1 Å². The van der Waals surface area contributed by atoms with Crippen LogP contribution in [0.15, 0.2) is 53.9 Å². The van der Waals surface area contributed by atoms with Crippen molar-refractivity contribution in [3.8, 4) is 17.0 Å². The monoisotopic (exact) mass is 449 g/mol. The van der Waals surface area contributed by atoms with E-state index in [9.17, 15) is 14.4 Å². The molecule has 0 radical (unpaired) electrons. The van der Waals surface area contributed by atoms with Crippen molar-refractivity contribution in [2.24, 2.45) is 5.92 Å². The molecule has 4 rings (SSSR count). The summed E-state index contributed by atoms with van der Waals surface area (Å²) in [6.07, 6.45) is 0.621. The van der Waals surface area contributed by atoms with E-state index in [2.05, 4.69) is 10.3 Å². The minimum atomic E-state index is -0.939. The number of thiazole rings is 1. The van der Waals surface area contributed by atoms with Gasteiger partial charge in [0.25, 0.3) is 11.8 Å². The molecule has 1 aliphatic rings. The summed E-state index contributed by atoms with van der Waals surface area (Å²) in [6.45, 7) is 3.78. The van der Waals surface area contributed by atoms with Gasteiger partial charge in [-0.1, -0.05) is 44.5 Å². The number of anilines is 1. The number of benzene rings is 2. The molecular formula is C24H23N3O4S. The number of amides is 3. The van der Waals surface area contributed by atoms with E-state index >= 15 is 0 Å². The third-order valence-corrected chi connectivity index (χ3v) is 6.43. The van der Waals surface area contributed by atoms with Gasteiger partial charge in [-0.15, -0.1) is 11.3 Å². The summed E-state index contributed by atoms with van der Waals surface area (Å²) >= 11 is 1.27. The van der Waals surface area contributed by atoms with Crippen LogP contribution in [-0.4, -0.2) is 40.8 Å². The first kappa shape index (κ1) is 21.7. The third kappa shape index (κ3) is 3.78. The van der Waals surface area contributed by atoms with E-state index in [1.807, 2.05) is 43.5 Å². The number of imide groups is 1. The first-order valence-corrected chi connectivity index (χ1v) is 11.2. The largest absolute Gasteiger partial charge is 0.496 e. The minimum absolute atomic E-state index is 0.231. The molecule has 32 heavy (non-hydrogen) atoms. The summed E-state index contributed by atoms with van der Waals surface area (Å²) in [7, 11) is 1.59. The minimum Gasteiger partial charge on any atom is -0.496 e. The van der Waals surface area contributed by atoms with Crippen molar-refractivity contribution in [1.29, 1.82) is 0 Å². The van der Waals surface area contributed by atoms with Crippen molar-refractivity contribution in [1.82, 2.24) is 9.88 Å². The molecule has 0 spiro atoms. The van der Waals surface area contributed by atoms with Gasteiger partial charge in [0, 0.05) is 10.9 Å². The number of carbonyl (C=O) groups is 3. The van der Waals surface area contributed by atoms with Crippen LogP contribution >= 0.6 is 11.3 Å². The average Bonchev–Trinajstić information content (AvgIpc) is 3.37. The average molecular weight is 450 g/mol. The van der Waals surface area contributed by atoms with Crippen LogP contribution in [0.5, 0.6) is 5.75 Å². The second-order valence-electron chi connectivity index (χ2n) is 7.58. The molecule has 3 aromatic rings. The second-order valence-corrected chi connectivity index (χ2v) is 8.44. The maximum absolute atomic E-state index is 13.3. The highest BCUT2D eigenvalue weighted by Crippen LogP contribution is 2.33. The highest BCUT2D eigenvalue weighted by molar-refractivity contribution is 7.14. The fourth-order valence-electron chi connectivity index (χ4n) is 3.80. The summed E-state index contributed by atoms with van der Waals surface area (Å²) in [6, 6.07) is 13.2. The maximum Gasteiger partial charge on any atom is 0.262 e. The predicted molar refractivity (Wildman–Crippen MR) is 123 cm³/mol. The number of ether oxygens (including phenoxy) is 1. The number of carbonyl (C=O) groups excluding carboxylic acids is 3. The van der Waals surface area contributed by atoms with Gasteiger partial charge in [0.2, 0.25) is 5.91 Å². The molecule has 7 nitrogen and oxygen atoms in total. The number of hydrogen-bond donors (Lipinski definition) is 1. The van der Waals surface area contributed by atoms with Gasteiger partial charge in [-0.3, -0.25) is 19.3 Å². The normalized spacial score (nSPS) is 14.8. The Balaban J connectivity index is 1.60. The van der Waals surface area contributed by atoms with Crippen LogP contribution in [0.3, 0.4) is 0 Å². The molecule has 1 aliphatic heterocycles. The standard InChI is InChI=1S/C24H23N3O4S/c1-4-14(2)20(27-22(29)15-9-5-6-10-16(15)23(27)30)21(28)26-24-25-18(13-32-24)17-11-7-8-12-19(17)31-3/h5-14,20H,4H2,1-3H3,(H,25,26,28). The molecule has 0 saturated carbocycles. The van der Waals surface area contributed by atoms with Crippen molar-refractivity contribution in [2.45, 2.75) is 26.3 Å². The topological polar surface area (TPSA) is 88.6 Å². The number of para-hydroxylation sites is 1. The molecule has 0 aliphatic carbocycles. The number of rotatable bonds is 7. The molecule has 164 valence electrons. The van der Waals surface area contributed by atoms with Gasteiger partial charge in [-0.25, -0.2) is 4.98 Å². The van der Waals surface area contributed by atoms with Crippen LogP contribution in [0.1, 0.15) is 41.0 Å². The first-order valence-electron chi connectivity index (χ1n) is 10.3. The number of aromatic nitrogens is 1. The van der Waals surface area contributed by atoms with Crippen LogP contribution in [0.25, 0.3) is 11.3 Å². The van der Waals surface area contributed by atoms with Gasteiger partial charge in [-0.05, 0) is 30.2 Å². The van der Waals surface area contributed by atoms with Crippen molar-refractivity contribution in [2.75, 3.05) is 12.4 Å². The van der Waals surface area contributed by atoms with E-state index in [-0.39, 0.29) is 5.92 Å². The zero-order valence-electron chi connectivity index (χ0n) is 18.0. The number of fused-ring (bicyclic) bond motifs is 1. The highest BCUT2D eigenvalue weighted by Gasteiger charge is 2.44. The van der Waals surface area contributed by atoms with Crippen molar-refractivity contribution in [3.05, 3.63) is 65.0 Å². The van der Waals surface area contributed by atoms with Gasteiger partial charge in [-0.2, -0.15) is 0 Å². The van der Waals surface area contributed by atoms with E-state index in [1.54, 1.807) is 31.4 Å². The molecular weight excluding hydrogens is 426 g/mol. The summed E-state index contributed by atoms with van der Waals surface area (Å²) in [5, 5.41) is 5.03. The van der Waals surface area contributed by atoms with Gasteiger partial charge in [0.15, 0.2) is 5.13 Å². The Morgan fingerprint density at radius 3 is 2.25 bits per heavy atom. The van der Waals surface area contributed by atoms with E-state index in [0.29, 0.717) is 34.1 Å². The number of methoxy groups -OCH3 is 1. The van der Waals surface area contributed by atoms with Gasteiger partial charge in [0.05, 0.1) is 23.9 Å². The Morgan fingerprint density at radius 2 is 1.66 bits per heavy atom. The fourth-order valence-corrected chi connectivity index (χ4v) is 4.52. The van der Waals surface area contributed by atoms with E-state index in [0.717, 1.165) is 10.5 Å². The second kappa shape index (κ2) is 8.92. The van der Waals surface area contributed by atoms with Crippen molar-refractivity contribution in [3.63, 3.8) is 0 Å². The Bertz CT molecular complexity index is 1150. The summed E-state index contributed by atoms with van der Waals surface area (Å²) < 4.78 is 5.39. The lowest BCUT2D eigenvalue weighted by atomic mass is 9.96. The lowest BCUT2D eigenvalue weighted by molar-refractivity contribution is -0.121. The zero-order chi connectivity index (χ0) is 22.8. The van der Waals surface area contributed by atoms with Crippen LogP contribution in [0.4, 0.5) is 5.13 Å². The summed E-state index contributed by atoms with van der Waals surface area (Å²) in [4.78, 5) is 44.9. The first-order chi connectivity index (χ1) is 15.5. The molecule has 3 amide bonds. The molecule has 2 aromatic carbocycles. The third-order valence-electron chi connectivity index (χ3n) is 5.67. The predicted octanol–water partition coefficient (Wildman–Crippen LogP) is 4.47. The molecule has 0 fully saturated rings. The SMILES string of the molecule is CCC(C)C(C(=O)Nc1nc(-c2ccccc2OC)cs1)N1C(=O)c2ccccc2C1=O. The lowest BCUT2D eigenvalue weighted by Gasteiger charge is -2.29. The number of hydrogen-bond acceptors (Lipinski definition) is 6. The molecule has 0 saturated heterocycles. The van der Waals surface area contributed by atoms with Gasteiger partial charge in [0.1, 0.15) is 11.8 Å². The Morgan fingerprint density at radius 1 is 1.06 bits per heavy atom. The van der Waals surface area contributed by atoms with Crippen LogP contribution in [-0.2, 0) is 4.79 Å². The molecule has 0 bridgehead atoms. The Hall–Kier alpha value is -3.52. The maximum atomic E-state index is 13.3. The molecule has 2 atom stereocenters. The van der Waals surface area contributed by atoms with Crippen molar-refractivity contribution >= 4 is 34.2 Å². The quantitative estimate of drug-likeness (QED) is 0.538. The molecule has 1 N–H and O–H groups in total. The zero-order valence-corrected chi connectivity index (χ0v) is 18.8. The van der Waals surface area contributed by atoms with E-state index < -0.39 is 23.8 Å². The van der Waals surface area contributed by atoms with E-state index in [4.69, 9.17) is 4.74 Å². The molecule has 8 heteroatoms. The highest BCUT2D eigenvalue weighted by atomic mass is 32.1. The summed E-state index contributed by atoms with van der Waals surface area (Å²) in [5.74, 6) is -0.875. The molecule has 2 unspecified atom stereocenters. The smallest absolute Gasteiger partial charge is 0.262 e.